The summed E-state index contributed by atoms with van der Waals surface area (Å²) < 4.78 is 40.0. The lowest BCUT2D eigenvalue weighted by atomic mass is 9.77. The van der Waals surface area contributed by atoms with E-state index in [9.17, 15) is 18.0 Å². The summed E-state index contributed by atoms with van der Waals surface area (Å²) in [4.78, 5) is 30.3. The Bertz CT molecular complexity index is 1060. The number of nitrogens with one attached hydrogen (secondary N) is 2. The Morgan fingerprint density at radius 2 is 1.97 bits per heavy atom. The topological polar surface area (TPSA) is 113 Å². The minimum Gasteiger partial charge on any atom is -0.346 e. The highest BCUT2D eigenvalue weighted by molar-refractivity contribution is 6.07. The highest BCUT2D eigenvalue weighted by Gasteiger charge is 2.43. The predicted molar refractivity (Wildman–Crippen MR) is 104 cm³/mol. The summed E-state index contributed by atoms with van der Waals surface area (Å²) in [5, 5.41) is 3.67. The van der Waals surface area contributed by atoms with Gasteiger partial charge in [-0.05, 0) is 44.1 Å². The molecular formula is C19H20F3N7O. The molecular weight excluding hydrogens is 399 g/mol. The van der Waals surface area contributed by atoms with Gasteiger partial charge in [-0.1, -0.05) is 0 Å². The van der Waals surface area contributed by atoms with E-state index in [2.05, 4.69) is 25.3 Å². The maximum Gasteiger partial charge on any atom is 0.416 e. The van der Waals surface area contributed by atoms with Gasteiger partial charge in [-0.25, -0.2) is 19.9 Å². The molecule has 0 saturated carbocycles. The molecule has 1 fully saturated rings. The highest BCUT2D eigenvalue weighted by Crippen LogP contribution is 2.38. The van der Waals surface area contributed by atoms with Gasteiger partial charge >= 0.3 is 6.18 Å². The molecule has 3 aromatic heterocycles. The van der Waals surface area contributed by atoms with Crippen LogP contribution in [0.25, 0.3) is 11.0 Å². The van der Waals surface area contributed by atoms with Gasteiger partial charge in [-0.2, -0.15) is 13.2 Å². The number of aromatic nitrogens is 4. The Labute approximate surface area is 169 Å². The zero-order chi connectivity index (χ0) is 21.4. The Morgan fingerprint density at radius 1 is 1.20 bits per heavy atom. The van der Waals surface area contributed by atoms with Crippen molar-refractivity contribution in [3.05, 3.63) is 42.5 Å². The van der Waals surface area contributed by atoms with Crippen LogP contribution in [0.2, 0.25) is 0 Å². The molecule has 3 aromatic rings. The van der Waals surface area contributed by atoms with Gasteiger partial charge in [0.1, 0.15) is 17.8 Å². The molecule has 4 heterocycles. The standard InChI is InChI=1S/C19H20F3N7O/c20-19(21,22)12-1-5-25-14(9-12)29(16-13-2-6-26-15(13)27-11-28-16)17(30)18(10-23)3-7-24-8-4-18/h1-2,5-6,9,11,24H,3-4,7-8,10,23H2,(H,26,27,28). The number of pyridine rings is 1. The third-order valence-corrected chi connectivity index (χ3v) is 5.45. The minimum absolute atomic E-state index is 0.0599. The van der Waals surface area contributed by atoms with Gasteiger partial charge in [-0.3, -0.25) is 4.79 Å². The number of nitrogens with two attached hydrogens (primary N) is 1. The number of nitrogens with zero attached hydrogens (tertiary/aromatic N) is 4. The van der Waals surface area contributed by atoms with Crippen LogP contribution in [-0.2, 0) is 11.0 Å². The van der Waals surface area contributed by atoms with E-state index in [-0.39, 0.29) is 18.2 Å². The SMILES string of the molecule is NCC1(C(=O)N(c2cc(C(F)(F)F)ccn2)c2ncnc3[nH]ccc23)CCNCC1. The van der Waals surface area contributed by atoms with Crippen molar-refractivity contribution in [2.45, 2.75) is 19.0 Å². The largest absolute Gasteiger partial charge is 0.416 e. The molecule has 0 unspecified atom stereocenters. The van der Waals surface area contributed by atoms with Crippen molar-refractivity contribution >= 4 is 28.6 Å². The summed E-state index contributed by atoms with van der Waals surface area (Å²) in [5.74, 6) is -0.439. The highest BCUT2D eigenvalue weighted by atomic mass is 19.4. The summed E-state index contributed by atoms with van der Waals surface area (Å²) in [7, 11) is 0. The zero-order valence-electron chi connectivity index (χ0n) is 15.9. The molecule has 0 aliphatic carbocycles. The van der Waals surface area contributed by atoms with E-state index >= 15 is 0 Å². The first-order chi connectivity index (χ1) is 14.4. The molecule has 1 amide bonds. The molecule has 1 saturated heterocycles. The number of hydrogen-bond donors (Lipinski definition) is 3. The second-order valence-electron chi connectivity index (χ2n) is 7.21. The number of piperidine rings is 1. The van der Waals surface area contributed by atoms with Gasteiger partial charge in [-0.15, -0.1) is 0 Å². The number of H-pyrrole nitrogens is 1. The van der Waals surface area contributed by atoms with Crippen molar-refractivity contribution in [3.63, 3.8) is 0 Å². The van der Waals surface area contributed by atoms with Crippen molar-refractivity contribution in [2.75, 3.05) is 24.5 Å². The van der Waals surface area contributed by atoms with Crippen molar-refractivity contribution in [2.24, 2.45) is 11.1 Å². The van der Waals surface area contributed by atoms with Crippen molar-refractivity contribution < 1.29 is 18.0 Å². The monoisotopic (exact) mass is 419 g/mol. The van der Waals surface area contributed by atoms with E-state index in [4.69, 9.17) is 5.73 Å². The number of alkyl halides is 3. The molecule has 1 aliphatic rings. The fourth-order valence-electron chi connectivity index (χ4n) is 3.71. The molecule has 4 rings (SSSR count). The van der Waals surface area contributed by atoms with Crippen LogP contribution in [-0.4, -0.2) is 45.5 Å². The molecule has 1 aliphatic heterocycles. The summed E-state index contributed by atoms with van der Waals surface area (Å²) in [6.07, 6.45) is 0.236. The third kappa shape index (κ3) is 3.50. The summed E-state index contributed by atoms with van der Waals surface area (Å²) in [6.45, 7) is 1.22. The van der Waals surface area contributed by atoms with Crippen LogP contribution in [0.5, 0.6) is 0 Å². The zero-order valence-corrected chi connectivity index (χ0v) is 15.9. The molecule has 0 radical (unpaired) electrons. The van der Waals surface area contributed by atoms with E-state index in [1.807, 2.05) is 0 Å². The molecule has 0 atom stereocenters. The predicted octanol–water partition coefficient (Wildman–Crippen LogP) is 2.36. The van der Waals surface area contributed by atoms with Crippen LogP contribution >= 0.6 is 0 Å². The Balaban J connectivity index is 1.90. The van der Waals surface area contributed by atoms with Crippen molar-refractivity contribution in [3.8, 4) is 0 Å². The number of anilines is 2. The van der Waals surface area contributed by atoms with Crippen LogP contribution < -0.4 is 16.0 Å². The molecule has 4 N–H and O–H groups in total. The van der Waals surface area contributed by atoms with E-state index in [0.717, 1.165) is 23.2 Å². The first-order valence-corrected chi connectivity index (χ1v) is 9.42. The molecule has 0 bridgehead atoms. The van der Waals surface area contributed by atoms with E-state index in [1.165, 1.54) is 6.33 Å². The van der Waals surface area contributed by atoms with Gasteiger partial charge in [0.25, 0.3) is 0 Å². The second kappa shape index (κ2) is 7.65. The van der Waals surface area contributed by atoms with Gasteiger partial charge in [0, 0.05) is 18.9 Å². The van der Waals surface area contributed by atoms with Gasteiger partial charge in [0.15, 0.2) is 5.82 Å². The lowest BCUT2D eigenvalue weighted by Crippen LogP contribution is -2.52. The Morgan fingerprint density at radius 3 is 2.67 bits per heavy atom. The maximum atomic E-state index is 13.8. The lowest BCUT2D eigenvalue weighted by molar-refractivity contribution is -0.137. The van der Waals surface area contributed by atoms with Crippen LogP contribution in [0.4, 0.5) is 24.8 Å². The molecule has 158 valence electrons. The van der Waals surface area contributed by atoms with Crippen molar-refractivity contribution in [1.82, 2.24) is 25.3 Å². The number of carbonyl (C=O) groups excluding carboxylic acids is 1. The molecule has 8 nitrogen and oxygen atoms in total. The number of halogens is 3. The molecule has 30 heavy (non-hydrogen) atoms. The van der Waals surface area contributed by atoms with E-state index in [0.29, 0.717) is 37.0 Å². The average Bonchev–Trinajstić information content (AvgIpc) is 3.24. The van der Waals surface area contributed by atoms with Gasteiger partial charge < -0.3 is 16.0 Å². The first-order valence-electron chi connectivity index (χ1n) is 9.42. The average molecular weight is 419 g/mol. The fourth-order valence-corrected chi connectivity index (χ4v) is 3.71. The van der Waals surface area contributed by atoms with Gasteiger partial charge in [0.05, 0.1) is 16.4 Å². The number of hydrogen-bond acceptors (Lipinski definition) is 6. The molecule has 0 aromatic carbocycles. The Hall–Kier alpha value is -3.05. The van der Waals surface area contributed by atoms with Crippen LogP contribution in [0, 0.1) is 5.41 Å². The van der Waals surface area contributed by atoms with E-state index in [1.54, 1.807) is 12.3 Å². The normalized spacial score (nSPS) is 16.5. The Kier molecular flexibility index (Phi) is 5.16. The van der Waals surface area contributed by atoms with Crippen molar-refractivity contribution in [1.29, 1.82) is 0 Å². The second-order valence-corrected chi connectivity index (χ2v) is 7.21. The van der Waals surface area contributed by atoms with E-state index < -0.39 is 23.1 Å². The number of amides is 1. The number of rotatable bonds is 4. The smallest absolute Gasteiger partial charge is 0.346 e. The molecule has 11 heteroatoms. The number of carbonyl (C=O) groups is 1. The summed E-state index contributed by atoms with van der Waals surface area (Å²) in [5.41, 5.74) is 4.62. The lowest BCUT2D eigenvalue weighted by Gasteiger charge is -2.38. The number of fused-ring (bicyclic) bond motifs is 1. The molecule has 0 spiro atoms. The quantitative estimate of drug-likeness (QED) is 0.599. The van der Waals surface area contributed by atoms with Crippen LogP contribution in [0.1, 0.15) is 18.4 Å². The first kappa shape index (κ1) is 20.2. The van der Waals surface area contributed by atoms with Crippen LogP contribution in [0.3, 0.4) is 0 Å². The minimum atomic E-state index is -4.58. The fraction of sp³-hybridized carbons (Fsp3) is 0.368. The summed E-state index contributed by atoms with van der Waals surface area (Å²) >= 11 is 0. The van der Waals surface area contributed by atoms with Crippen LogP contribution in [0.15, 0.2) is 36.9 Å². The number of aromatic amines is 1. The van der Waals surface area contributed by atoms with Gasteiger partial charge in [0.2, 0.25) is 5.91 Å². The maximum absolute atomic E-state index is 13.8. The summed E-state index contributed by atoms with van der Waals surface area (Å²) in [6, 6.07) is 3.38. The third-order valence-electron chi connectivity index (χ3n) is 5.45.